The van der Waals surface area contributed by atoms with Gasteiger partial charge in [-0.25, -0.2) is 0 Å². The normalized spacial score (nSPS) is 16.3. The third-order valence-corrected chi connectivity index (χ3v) is 5.42. The van der Waals surface area contributed by atoms with Crippen LogP contribution in [0.3, 0.4) is 0 Å². The Balaban J connectivity index is 0.00000364. The number of likely N-dealkylation sites (N-methyl/N-ethyl adjacent to an activating group) is 1. The van der Waals surface area contributed by atoms with E-state index in [1.807, 2.05) is 7.05 Å². The molecule has 2 rings (SSSR count). The van der Waals surface area contributed by atoms with Gasteiger partial charge in [-0.15, -0.1) is 24.0 Å². The van der Waals surface area contributed by atoms with Gasteiger partial charge in [0.2, 0.25) is 0 Å². The van der Waals surface area contributed by atoms with Gasteiger partial charge in [0.05, 0.1) is 0 Å². The van der Waals surface area contributed by atoms with E-state index in [9.17, 15) is 0 Å². The van der Waals surface area contributed by atoms with E-state index in [2.05, 4.69) is 70.6 Å². The van der Waals surface area contributed by atoms with Crippen molar-refractivity contribution < 1.29 is 0 Å². The molecule has 2 N–H and O–H groups in total. The van der Waals surface area contributed by atoms with E-state index in [0.717, 1.165) is 38.7 Å². The van der Waals surface area contributed by atoms with Crippen molar-refractivity contribution in [1.82, 2.24) is 20.4 Å². The Bertz CT molecular complexity index is 534. The topological polar surface area (TPSA) is 42.9 Å². The number of piperazine rings is 1. The molecule has 1 heterocycles. The highest BCUT2D eigenvalue weighted by Crippen LogP contribution is 2.10. The second kappa shape index (κ2) is 13.3. The van der Waals surface area contributed by atoms with Crippen LogP contribution in [0.1, 0.15) is 37.8 Å². The minimum atomic E-state index is 0. The Hall–Kier alpha value is -0.860. The van der Waals surface area contributed by atoms with Gasteiger partial charge in [0, 0.05) is 52.9 Å². The molecule has 154 valence electrons. The lowest BCUT2D eigenvalue weighted by atomic mass is 10.0. The fourth-order valence-electron chi connectivity index (χ4n) is 3.25. The van der Waals surface area contributed by atoms with Crippen LogP contribution in [0.5, 0.6) is 0 Å². The molecule has 6 heteroatoms. The summed E-state index contributed by atoms with van der Waals surface area (Å²) in [7, 11) is 4.04. The van der Waals surface area contributed by atoms with Crippen molar-refractivity contribution in [3.63, 3.8) is 0 Å². The molecule has 0 unspecified atom stereocenters. The van der Waals surface area contributed by atoms with Gasteiger partial charge in [-0.2, -0.15) is 0 Å². The van der Waals surface area contributed by atoms with Crippen LogP contribution in [0.2, 0.25) is 0 Å². The molecule has 1 aliphatic rings. The summed E-state index contributed by atoms with van der Waals surface area (Å²) in [4.78, 5) is 9.27. The molecule has 0 radical (unpaired) electrons. The molecule has 1 aromatic carbocycles. The Kier molecular flexibility index (Phi) is 11.9. The summed E-state index contributed by atoms with van der Waals surface area (Å²) in [6.07, 6.45) is 2.41. The predicted octanol–water partition coefficient (Wildman–Crippen LogP) is 3.15. The molecular formula is C21H38IN5. The molecule has 1 aliphatic heterocycles. The van der Waals surface area contributed by atoms with Gasteiger partial charge in [-0.05, 0) is 24.1 Å². The molecule has 0 aromatic heterocycles. The van der Waals surface area contributed by atoms with E-state index in [4.69, 9.17) is 0 Å². The molecule has 1 aromatic rings. The van der Waals surface area contributed by atoms with Crippen LogP contribution in [0.15, 0.2) is 29.3 Å². The Morgan fingerprint density at radius 3 is 2.15 bits per heavy atom. The highest BCUT2D eigenvalue weighted by atomic mass is 127. The predicted molar refractivity (Wildman–Crippen MR) is 127 cm³/mol. The van der Waals surface area contributed by atoms with Crippen molar-refractivity contribution in [2.24, 2.45) is 10.9 Å². The first kappa shape index (κ1) is 24.2. The van der Waals surface area contributed by atoms with Gasteiger partial charge < -0.3 is 15.5 Å². The lowest BCUT2D eigenvalue weighted by Gasteiger charge is -2.32. The monoisotopic (exact) mass is 487 g/mol. The van der Waals surface area contributed by atoms with Crippen LogP contribution < -0.4 is 10.6 Å². The smallest absolute Gasteiger partial charge is 0.191 e. The molecule has 0 atom stereocenters. The van der Waals surface area contributed by atoms with Crippen LogP contribution in [-0.2, 0) is 13.1 Å². The van der Waals surface area contributed by atoms with Gasteiger partial charge in [0.1, 0.15) is 0 Å². The lowest BCUT2D eigenvalue weighted by molar-refractivity contribution is 0.148. The zero-order valence-electron chi connectivity index (χ0n) is 17.5. The highest BCUT2D eigenvalue weighted by molar-refractivity contribution is 14.0. The van der Waals surface area contributed by atoms with Crippen LogP contribution in [0.25, 0.3) is 0 Å². The van der Waals surface area contributed by atoms with Gasteiger partial charge >= 0.3 is 0 Å². The quantitative estimate of drug-likeness (QED) is 0.336. The van der Waals surface area contributed by atoms with Crippen molar-refractivity contribution in [2.45, 2.75) is 39.8 Å². The average Bonchev–Trinajstić information content (AvgIpc) is 2.68. The van der Waals surface area contributed by atoms with E-state index in [0.29, 0.717) is 5.92 Å². The first-order valence-corrected chi connectivity index (χ1v) is 10.1. The fourth-order valence-corrected chi connectivity index (χ4v) is 3.25. The SMILES string of the molecule is CCC(CC)CNC(=NC)NCc1ccc(CN2CCN(C)CC2)cc1.I. The maximum atomic E-state index is 4.33. The molecule has 0 saturated carbocycles. The molecular weight excluding hydrogens is 449 g/mol. The molecule has 0 aliphatic carbocycles. The first-order valence-electron chi connectivity index (χ1n) is 10.1. The number of halogens is 1. The minimum Gasteiger partial charge on any atom is -0.356 e. The molecule has 0 bridgehead atoms. The van der Waals surface area contributed by atoms with E-state index in [-0.39, 0.29) is 24.0 Å². The van der Waals surface area contributed by atoms with Crippen molar-refractivity contribution in [1.29, 1.82) is 0 Å². The maximum absolute atomic E-state index is 4.33. The number of nitrogens with zero attached hydrogens (tertiary/aromatic N) is 3. The summed E-state index contributed by atoms with van der Waals surface area (Å²) >= 11 is 0. The number of aliphatic imine (C=N–C) groups is 1. The number of rotatable bonds is 8. The third-order valence-electron chi connectivity index (χ3n) is 5.42. The van der Waals surface area contributed by atoms with Crippen LogP contribution in [0.4, 0.5) is 0 Å². The third kappa shape index (κ3) is 8.79. The molecule has 1 fully saturated rings. The molecule has 0 amide bonds. The molecule has 27 heavy (non-hydrogen) atoms. The number of hydrogen-bond donors (Lipinski definition) is 2. The number of benzene rings is 1. The Morgan fingerprint density at radius 2 is 1.59 bits per heavy atom. The van der Waals surface area contributed by atoms with Gasteiger partial charge in [0.15, 0.2) is 5.96 Å². The number of hydrogen-bond acceptors (Lipinski definition) is 3. The summed E-state index contributed by atoms with van der Waals surface area (Å²) in [5.74, 6) is 1.60. The van der Waals surface area contributed by atoms with Crippen molar-refractivity contribution in [2.75, 3.05) is 46.8 Å². The van der Waals surface area contributed by atoms with E-state index < -0.39 is 0 Å². The average molecular weight is 487 g/mol. The van der Waals surface area contributed by atoms with Gasteiger partial charge in [-0.3, -0.25) is 9.89 Å². The Morgan fingerprint density at radius 1 is 1.00 bits per heavy atom. The minimum absolute atomic E-state index is 0. The summed E-state index contributed by atoms with van der Waals surface area (Å²) in [5.41, 5.74) is 2.69. The Labute approximate surface area is 183 Å². The standard InChI is InChI=1S/C21H37N5.HI/c1-5-18(6-2)15-23-21(22-3)24-16-19-7-9-20(10-8-19)17-26-13-11-25(4)12-14-26;/h7-10,18H,5-6,11-17H2,1-4H3,(H2,22,23,24);1H. The van der Waals surface area contributed by atoms with Gasteiger partial charge in [0.25, 0.3) is 0 Å². The van der Waals surface area contributed by atoms with Crippen LogP contribution in [-0.4, -0.2) is 62.6 Å². The zero-order valence-corrected chi connectivity index (χ0v) is 19.8. The van der Waals surface area contributed by atoms with Crippen LogP contribution in [0, 0.1) is 5.92 Å². The van der Waals surface area contributed by atoms with Crippen LogP contribution >= 0.6 is 24.0 Å². The highest BCUT2D eigenvalue weighted by Gasteiger charge is 2.13. The van der Waals surface area contributed by atoms with Crippen molar-refractivity contribution >= 4 is 29.9 Å². The van der Waals surface area contributed by atoms with E-state index in [1.54, 1.807) is 0 Å². The summed E-state index contributed by atoms with van der Waals surface area (Å²) in [6.45, 7) is 12.0. The first-order chi connectivity index (χ1) is 12.6. The van der Waals surface area contributed by atoms with E-state index in [1.165, 1.54) is 37.1 Å². The van der Waals surface area contributed by atoms with Crippen molar-refractivity contribution in [3.05, 3.63) is 35.4 Å². The lowest BCUT2D eigenvalue weighted by Crippen LogP contribution is -2.43. The number of guanidine groups is 1. The summed E-state index contributed by atoms with van der Waals surface area (Å²) < 4.78 is 0. The van der Waals surface area contributed by atoms with Gasteiger partial charge in [-0.1, -0.05) is 51.0 Å². The second-order valence-electron chi connectivity index (χ2n) is 7.39. The van der Waals surface area contributed by atoms with E-state index >= 15 is 0 Å². The number of nitrogens with one attached hydrogen (secondary N) is 2. The summed E-state index contributed by atoms with van der Waals surface area (Å²) in [6, 6.07) is 8.98. The fraction of sp³-hybridized carbons (Fsp3) is 0.667. The zero-order chi connectivity index (χ0) is 18.8. The second-order valence-corrected chi connectivity index (χ2v) is 7.39. The largest absolute Gasteiger partial charge is 0.356 e. The maximum Gasteiger partial charge on any atom is 0.191 e. The summed E-state index contributed by atoms with van der Waals surface area (Å²) in [5, 5.41) is 6.86. The molecule has 1 saturated heterocycles. The van der Waals surface area contributed by atoms with Crippen molar-refractivity contribution in [3.8, 4) is 0 Å². The molecule has 0 spiro atoms. The molecule has 5 nitrogen and oxygen atoms in total.